The minimum atomic E-state index is -4.59. The predicted octanol–water partition coefficient (Wildman–Crippen LogP) is 1.77. The highest BCUT2D eigenvalue weighted by atomic mass is 19.3. The van der Waals surface area contributed by atoms with Crippen LogP contribution >= 0.6 is 0 Å². The first-order valence-corrected chi connectivity index (χ1v) is 5.33. The van der Waals surface area contributed by atoms with Crippen molar-refractivity contribution in [3.8, 4) is 0 Å². The molecule has 0 aromatic rings. The fraction of sp³-hybridized carbons (Fsp3) is 0.900. The van der Waals surface area contributed by atoms with E-state index in [-0.39, 0.29) is 19.0 Å². The zero-order chi connectivity index (χ0) is 13.1. The lowest BCUT2D eigenvalue weighted by Crippen LogP contribution is -2.51. The number of piperidine rings is 1. The molecule has 0 spiro atoms. The second-order valence-corrected chi connectivity index (χ2v) is 4.14. The largest absolute Gasteiger partial charge is 0.384 e. The van der Waals surface area contributed by atoms with E-state index in [1.54, 1.807) is 0 Å². The standard InChI is InChI=1S/C10H15F4NO2/c1-17-6-7-3-2-4-15(5-7)9(16)10(13,14)8(11)12/h7-8H,2-6H2,1H3. The molecular weight excluding hydrogens is 242 g/mol. The Morgan fingerprint density at radius 2 is 2.18 bits per heavy atom. The van der Waals surface area contributed by atoms with Gasteiger partial charge >= 0.3 is 12.3 Å². The SMILES string of the molecule is COCC1CCCN(C(=O)C(F)(F)C(F)F)C1. The van der Waals surface area contributed by atoms with Gasteiger partial charge in [-0.2, -0.15) is 8.78 Å². The number of likely N-dealkylation sites (tertiary alicyclic amines) is 1. The molecule has 1 amide bonds. The maximum Gasteiger partial charge on any atom is 0.383 e. The van der Waals surface area contributed by atoms with E-state index >= 15 is 0 Å². The molecule has 1 aliphatic heterocycles. The first kappa shape index (κ1) is 14.2. The number of nitrogens with zero attached hydrogens (tertiary/aromatic N) is 1. The van der Waals surface area contributed by atoms with Gasteiger partial charge in [-0.05, 0) is 18.8 Å². The fourth-order valence-electron chi connectivity index (χ4n) is 1.93. The summed E-state index contributed by atoms with van der Waals surface area (Å²) in [6.07, 6.45) is -2.69. The molecule has 100 valence electrons. The summed E-state index contributed by atoms with van der Waals surface area (Å²) in [6, 6.07) is 0. The lowest BCUT2D eigenvalue weighted by molar-refractivity contribution is -0.182. The van der Waals surface area contributed by atoms with Crippen molar-refractivity contribution in [1.82, 2.24) is 4.90 Å². The smallest absolute Gasteiger partial charge is 0.383 e. The van der Waals surface area contributed by atoms with E-state index in [9.17, 15) is 22.4 Å². The highest BCUT2D eigenvalue weighted by molar-refractivity contribution is 5.84. The molecular formula is C10H15F4NO2. The Hall–Kier alpha value is -0.850. The van der Waals surface area contributed by atoms with Crippen LogP contribution in [0.1, 0.15) is 12.8 Å². The highest BCUT2D eigenvalue weighted by Gasteiger charge is 2.51. The highest BCUT2D eigenvalue weighted by Crippen LogP contribution is 2.28. The van der Waals surface area contributed by atoms with Crippen molar-refractivity contribution in [2.75, 3.05) is 26.8 Å². The molecule has 1 saturated heterocycles. The topological polar surface area (TPSA) is 29.5 Å². The van der Waals surface area contributed by atoms with Gasteiger partial charge in [0.15, 0.2) is 0 Å². The second kappa shape index (κ2) is 5.66. The normalized spacial score (nSPS) is 22.0. The van der Waals surface area contributed by atoms with Crippen LogP contribution in [-0.4, -0.2) is 50.0 Å². The molecule has 1 fully saturated rings. The molecule has 17 heavy (non-hydrogen) atoms. The number of amides is 1. The maximum atomic E-state index is 12.9. The zero-order valence-corrected chi connectivity index (χ0v) is 9.47. The van der Waals surface area contributed by atoms with E-state index < -0.39 is 18.3 Å². The molecule has 1 rings (SSSR count). The van der Waals surface area contributed by atoms with E-state index in [1.165, 1.54) is 7.11 Å². The van der Waals surface area contributed by atoms with Crippen molar-refractivity contribution in [2.24, 2.45) is 5.92 Å². The minimum Gasteiger partial charge on any atom is -0.384 e. The maximum absolute atomic E-state index is 12.9. The molecule has 7 heteroatoms. The monoisotopic (exact) mass is 257 g/mol. The van der Waals surface area contributed by atoms with Gasteiger partial charge in [0.2, 0.25) is 0 Å². The second-order valence-electron chi connectivity index (χ2n) is 4.14. The van der Waals surface area contributed by atoms with Crippen molar-refractivity contribution in [2.45, 2.75) is 25.2 Å². The number of methoxy groups -OCH3 is 1. The van der Waals surface area contributed by atoms with Crippen molar-refractivity contribution in [3.63, 3.8) is 0 Å². The molecule has 0 aromatic heterocycles. The van der Waals surface area contributed by atoms with Crippen LogP contribution in [0.5, 0.6) is 0 Å². The van der Waals surface area contributed by atoms with Crippen LogP contribution in [0, 0.1) is 5.92 Å². The Balaban J connectivity index is 2.63. The Labute approximate surface area is 96.7 Å². The van der Waals surface area contributed by atoms with Crippen molar-refractivity contribution in [1.29, 1.82) is 0 Å². The van der Waals surface area contributed by atoms with Gasteiger partial charge in [-0.15, -0.1) is 0 Å². The number of alkyl halides is 4. The number of hydrogen-bond donors (Lipinski definition) is 0. The first-order valence-electron chi connectivity index (χ1n) is 5.33. The molecule has 1 atom stereocenters. The Kier molecular flexibility index (Phi) is 4.73. The Bertz CT molecular complexity index is 271. The Morgan fingerprint density at radius 1 is 1.53 bits per heavy atom. The summed E-state index contributed by atoms with van der Waals surface area (Å²) in [4.78, 5) is 12.1. The molecule has 0 aromatic carbocycles. The van der Waals surface area contributed by atoms with Gasteiger partial charge in [-0.25, -0.2) is 8.78 Å². The van der Waals surface area contributed by atoms with Gasteiger partial charge in [0.05, 0.1) is 6.61 Å². The molecule has 0 radical (unpaired) electrons. The fourth-order valence-corrected chi connectivity index (χ4v) is 1.93. The summed E-state index contributed by atoms with van der Waals surface area (Å²) in [6.45, 7) is 0.486. The van der Waals surface area contributed by atoms with Crippen LogP contribution in [0.4, 0.5) is 17.6 Å². The third-order valence-corrected chi connectivity index (χ3v) is 2.77. The molecule has 0 bridgehead atoms. The number of hydrogen-bond acceptors (Lipinski definition) is 2. The lowest BCUT2D eigenvalue weighted by Gasteiger charge is -2.34. The van der Waals surface area contributed by atoms with E-state index in [4.69, 9.17) is 4.74 Å². The summed E-state index contributed by atoms with van der Waals surface area (Å²) in [5.41, 5.74) is 0. The third-order valence-electron chi connectivity index (χ3n) is 2.77. The average Bonchev–Trinajstić information content (AvgIpc) is 2.28. The number of ether oxygens (including phenoxy) is 1. The van der Waals surface area contributed by atoms with E-state index in [2.05, 4.69) is 0 Å². The molecule has 1 unspecified atom stereocenters. The molecule has 3 nitrogen and oxygen atoms in total. The number of carbonyl (C=O) groups is 1. The van der Waals surface area contributed by atoms with Crippen LogP contribution < -0.4 is 0 Å². The van der Waals surface area contributed by atoms with Crippen LogP contribution in [-0.2, 0) is 9.53 Å². The van der Waals surface area contributed by atoms with Crippen molar-refractivity contribution in [3.05, 3.63) is 0 Å². The van der Waals surface area contributed by atoms with Gasteiger partial charge in [-0.3, -0.25) is 4.79 Å². The number of halogens is 4. The van der Waals surface area contributed by atoms with E-state index in [0.29, 0.717) is 13.0 Å². The van der Waals surface area contributed by atoms with E-state index in [1.807, 2.05) is 0 Å². The van der Waals surface area contributed by atoms with E-state index in [0.717, 1.165) is 11.3 Å². The molecule has 0 saturated carbocycles. The van der Waals surface area contributed by atoms with Crippen LogP contribution in [0.3, 0.4) is 0 Å². The predicted molar refractivity (Wildman–Crippen MR) is 52.1 cm³/mol. The van der Waals surface area contributed by atoms with Gasteiger partial charge in [0.1, 0.15) is 0 Å². The van der Waals surface area contributed by atoms with Gasteiger partial charge in [0.25, 0.3) is 5.91 Å². The summed E-state index contributed by atoms with van der Waals surface area (Å²) in [5.74, 6) is -6.44. The van der Waals surface area contributed by atoms with Crippen LogP contribution in [0.15, 0.2) is 0 Å². The molecule has 1 heterocycles. The summed E-state index contributed by atoms with van der Waals surface area (Å²) < 4.78 is 54.7. The lowest BCUT2D eigenvalue weighted by atomic mass is 9.98. The first-order chi connectivity index (χ1) is 7.89. The third kappa shape index (κ3) is 3.31. The van der Waals surface area contributed by atoms with Gasteiger partial charge < -0.3 is 9.64 Å². The minimum absolute atomic E-state index is 0.0506. The molecule has 0 aliphatic carbocycles. The van der Waals surface area contributed by atoms with Crippen molar-refractivity contribution >= 4 is 5.91 Å². The van der Waals surface area contributed by atoms with Crippen LogP contribution in [0.2, 0.25) is 0 Å². The van der Waals surface area contributed by atoms with Gasteiger partial charge in [-0.1, -0.05) is 0 Å². The summed E-state index contributed by atoms with van der Waals surface area (Å²) in [7, 11) is 1.47. The molecule has 0 N–H and O–H groups in total. The quantitative estimate of drug-likeness (QED) is 0.718. The number of rotatable bonds is 4. The molecule has 1 aliphatic rings. The van der Waals surface area contributed by atoms with Crippen molar-refractivity contribution < 1.29 is 27.1 Å². The average molecular weight is 257 g/mol. The summed E-state index contributed by atoms with van der Waals surface area (Å²) in [5, 5.41) is 0. The summed E-state index contributed by atoms with van der Waals surface area (Å²) >= 11 is 0. The van der Waals surface area contributed by atoms with Crippen LogP contribution in [0.25, 0.3) is 0 Å². The zero-order valence-electron chi connectivity index (χ0n) is 9.47. The van der Waals surface area contributed by atoms with Gasteiger partial charge in [0, 0.05) is 20.2 Å². The number of carbonyl (C=O) groups excluding carboxylic acids is 1. The Morgan fingerprint density at radius 3 is 2.71 bits per heavy atom.